The molecule has 0 saturated heterocycles. The zero-order valence-corrected chi connectivity index (χ0v) is 13.0. The monoisotopic (exact) mass is 312 g/mol. The average Bonchev–Trinajstić information content (AvgIpc) is 2.95. The van der Waals surface area contributed by atoms with Gasteiger partial charge in [-0.2, -0.15) is 4.98 Å². The van der Waals surface area contributed by atoms with E-state index in [1.54, 1.807) is 12.1 Å². The van der Waals surface area contributed by atoms with Crippen LogP contribution in [0.5, 0.6) is 11.5 Å². The molecular weight excluding hydrogens is 296 g/mol. The van der Waals surface area contributed by atoms with E-state index in [1.807, 2.05) is 13.8 Å². The molecule has 0 radical (unpaired) electrons. The summed E-state index contributed by atoms with van der Waals surface area (Å²) in [5, 5.41) is 14.2. The van der Waals surface area contributed by atoms with Crippen molar-refractivity contribution < 1.29 is 19.1 Å². The molecule has 114 valence electrons. The van der Waals surface area contributed by atoms with Gasteiger partial charge in [0, 0.05) is 5.56 Å². The third-order valence-corrected chi connectivity index (χ3v) is 3.30. The molecule has 0 unspecified atom stereocenters. The first-order chi connectivity index (χ1) is 9.97. The standard InChI is InChI=1S/C14H17ClN2O4/c1-7(2)11(18)14-16-13(17-21-14)8-5-9(15)12(20-4)10(6-8)19-3/h5-7,11,18H,1-4H3/t11-/m0/s1. The third kappa shape index (κ3) is 3.11. The van der Waals surface area contributed by atoms with Crippen molar-refractivity contribution in [3.8, 4) is 22.9 Å². The molecule has 1 heterocycles. The minimum atomic E-state index is -0.804. The molecular formula is C14H17ClN2O4. The molecule has 0 aliphatic carbocycles. The van der Waals surface area contributed by atoms with Crippen molar-refractivity contribution in [2.75, 3.05) is 14.2 Å². The van der Waals surface area contributed by atoms with Gasteiger partial charge < -0.3 is 19.1 Å². The number of halogens is 1. The van der Waals surface area contributed by atoms with Gasteiger partial charge in [0.05, 0.1) is 19.2 Å². The van der Waals surface area contributed by atoms with Crippen LogP contribution < -0.4 is 9.47 Å². The van der Waals surface area contributed by atoms with Gasteiger partial charge in [0.2, 0.25) is 5.82 Å². The third-order valence-electron chi connectivity index (χ3n) is 3.02. The Labute approximate surface area is 127 Å². The highest BCUT2D eigenvalue weighted by Gasteiger charge is 2.21. The first-order valence-corrected chi connectivity index (χ1v) is 6.79. The van der Waals surface area contributed by atoms with Crippen molar-refractivity contribution in [2.24, 2.45) is 5.92 Å². The van der Waals surface area contributed by atoms with Crippen LogP contribution >= 0.6 is 11.6 Å². The minimum Gasteiger partial charge on any atom is -0.493 e. The van der Waals surface area contributed by atoms with Gasteiger partial charge in [-0.25, -0.2) is 0 Å². The summed E-state index contributed by atoms with van der Waals surface area (Å²) in [6.45, 7) is 3.73. The van der Waals surface area contributed by atoms with Crippen molar-refractivity contribution in [3.63, 3.8) is 0 Å². The molecule has 1 aromatic heterocycles. The molecule has 0 spiro atoms. The van der Waals surface area contributed by atoms with E-state index in [1.165, 1.54) is 14.2 Å². The summed E-state index contributed by atoms with van der Waals surface area (Å²) in [7, 11) is 3.02. The van der Waals surface area contributed by atoms with Gasteiger partial charge in [0.25, 0.3) is 5.89 Å². The largest absolute Gasteiger partial charge is 0.493 e. The van der Waals surface area contributed by atoms with E-state index in [-0.39, 0.29) is 11.8 Å². The first-order valence-electron chi connectivity index (χ1n) is 6.41. The van der Waals surface area contributed by atoms with Gasteiger partial charge in [-0.1, -0.05) is 30.6 Å². The molecule has 1 aromatic carbocycles. The molecule has 1 N–H and O–H groups in total. The highest BCUT2D eigenvalue weighted by Crippen LogP contribution is 2.38. The number of methoxy groups -OCH3 is 2. The number of benzene rings is 1. The Kier molecular flexibility index (Phi) is 4.69. The average molecular weight is 313 g/mol. The fourth-order valence-electron chi connectivity index (χ4n) is 1.80. The maximum Gasteiger partial charge on any atom is 0.256 e. The van der Waals surface area contributed by atoms with E-state index in [4.69, 9.17) is 25.6 Å². The number of aliphatic hydroxyl groups excluding tert-OH is 1. The van der Waals surface area contributed by atoms with Crippen molar-refractivity contribution in [1.29, 1.82) is 0 Å². The molecule has 0 amide bonds. The van der Waals surface area contributed by atoms with Crippen LogP contribution in [0.4, 0.5) is 0 Å². The molecule has 6 nitrogen and oxygen atoms in total. The maximum absolute atomic E-state index is 9.93. The van der Waals surface area contributed by atoms with E-state index < -0.39 is 6.10 Å². The summed E-state index contributed by atoms with van der Waals surface area (Å²) >= 11 is 6.14. The Morgan fingerprint density at radius 2 is 1.95 bits per heavy atom. The van der Waals surface area contributed by atoms with Gasteiger partial charge in [-0.3, -0.25) is 0 Å². The number of ether oxygens (including phenoxy) is 2. The predicted octanol–water partition coefficient (Wildman–Crippen LogP) is 3.10. The maximum atomic E-state index is 9.93. The van der Waals surface area contributed by atoms with Gasteiger partial charge in [0.1, 0.15) is 6.10 Å². The van der Waals surface area contributed by atoms with Crippen LogP contribution in [0.15, 0.2) is 16.7 Å². The van der Waals surface area contributed by atoms with Crippen LogP contribution in [0.1, 0.15) is 25.8 Å². The van der Waals surface area contributed by atoms with Crippen molar-refractivity contribution in [3.05, 3.63) is 23.0 Å². The van der Waals surface area contributed by atoms with E-state index in [2.05, 4.69) is 10.1 Å². The molecule has 2 rings (SSSR count). The molecule has 2 aromatic rings. The fourth-order valence-corrected chi connectivity index (χ4v) is 2.09. The number of nitrogens with zero attached hydrogens (tertiary/aromatic N) is 2. The van der Waals surface area contributed by atoms with Gasteiger partial charge in [-0.05, 0) is 18.1 Å². The minimum absolute atomic E-state index is 0.0210. The summed E-state index contributed by atoms with van der Waals surface area (Å²) in [5.41, 5.74) is 0.614. The molecule has 7 heteroatoms. The second-order valence-corrected chi connectivity index (χ2v) is 5.25. The molecule has 0 bridgehead atoms. The Balaban J connectivity index is 2.41. The van der Waals surface area contributed by atoms with Crippen molar-refractivity contribution in [1.82, 2.24) is 10.1 Å². The lowest BCUT2D eigenvalue weighted by molar-refractivity contribution is 0.0896. The van der Waals surface area contributed by atoms with E-state index in [9.17, 15) is 5.11 Å². The zero-order chi connectivity index (χ0) is 15.6. The summed E-state index contributed by atoms with van der Waals surface area (Å²) in [6, 6.07) is 3.35. The van der Waals surface area contributed by atoms with Crippen molar-refractivity contribution >= 4 is 11.6 Å². The quantitative estimate of drug-likeness (QED) is 0.914. The second-order valence-electron chi connectivity index (χ2n) is 4.84. The molecule has 0 saturated carbocycles. The number of aromatic nitrogens is 2. The predicted molar refractivity (Wildman–Crippen MR) is 77.6 cm³/mol. The normalized spacial score (nSPS) is 12.5. The van der Waals surface area contributed by atoms with E-state index in [0.717, 1.165) is 0 Å². The SMILES string of the molecule is COc1cc(-c2noc([C@@H](O)C(C)C)n2)cc(Cl)c1OC. The Bertz CT molecular complexity index is 627. The molecule has 0 fully saturated rings. The summed E-state index contributed by atoms with van der Waals surface area (Å²) < 4.78 is 15.5. The Morgan fingerprint density at radius 3 is 2.52 bits per heavy atom. The fraction of sp³-hybridized carbons (Fsp3) is 0.429. The van der Waals surface area contributed by atoms with Crippen LogP contribution in [-0.2, 0) is 0 Å². The first kappa shape index (κ1) is 15.6. The van der Waals surface area contributed by atoms with Crippen LogP contribution in [0.3, 0.4) is 0 Å². The van der Waals surface area contributed by atoms with E-state index in [0.29, 0.717) is 27.9 Å². The molecule has 21 heavy (non-hydrogen) atoms. The van der Waals surface area contributed by atoms with E-state index >= 15 is 0 Å². The number of hydrogen-bond acceptors (Lipinski definition) is 6. The highest BCUT2D eigenvalue weighted by atomic mass is 35.5. The number of rotatable bonds is 5. The van der Waals surface area contributed by atoms with Crippen LogP contribution in [0, 0.1) is 5.92 Å². The molecule has 0 aliphatic heterocycles. The Hall–Kier alpha value is -1.79. The van der Waals surface area contributed by atoms with Crippen LogP contribution in [0.25, 0.3) is 11.4 Å². The second kappa shape index (κ2) is 6.32. The van der Waals surface area contributed by atoms with Gasteiger partial charge in [-0.15, -0.1) is 0 Å². The number of aliphatic hydroxyl groups is 1. The lowest BCUT2D eigenvalue weighted by Crippen LogP contribution is -2.05. The Morgan fingerprint density at radius 1 is 1.24 bits per heavy atom. The smallest absolute Gasteiger partial charge is 0.256 e. The molecule has 0 aliphatic rings. The molecule has 1 atom stereocenters. The number of hydrogen-bond donors (Lipinski definition) is 1. The van der Waals surface area contributed by atoms with Crippen LogP contribution in [-0.4, -0.2) is 29.5 Å². The highest BCUT2D eigenvalue weighted by molar-refractivity contribution is 6.32. The zero-order valence-electron chi connectivity index (χ0n) is 12.3. The summed E-state index contributed by atoms with van der Waals surface area (Å²) in [5.74, 6) is 1.38. The van der Waals surface area contributed by atoms with Crippen molar-refractivity contribution in [2.45, 2.75) is 20.0 Å². The van der Waals surface area contributed by atoms with Gasteiger partial charge in [0.15, 0.2) is 11.5 Å². The summed E-state index contributed by atoms with van der Waals surface area (Å²) in [4.78, 5) is 4.19. The van der Waals surface area contributed by atoms with Crippen LogP contribution in [0.2, 0.25) is 5.02 Å². The lowest BCUT2D eigenvalue weighted by Gasteiger charge is -2.10. The lowest BCUT2D eigenvalue weighted by atomic mass is 10.1. The summed E-state index contributed by atoms with van der Waals surface area (Å²) in [6.07, 6.45) is -0.804. The van der Waals surface area contributed by atoms with Gasteiger partial charge >= 0.3 is 0 Å². The topological polar surface area (TPSA) is 77.6 Å².